The molecule has 1 saturated heterocycles. The molecule has 1 heterocycles. The summed E-state index contributed by atoms with van der Waals surface area (Å²) in [4.78, 5) is 13.9. The molecule has 0 aromatic heterocycles. The van der Waals surface area contributed by atoms with Crippen LogP contribution in [0.25, 0.3) is 0 Å². The van der Waals surface area contributed by atoms with Gasteiger partial charge in [-0.05, 0) is 49.9 Å². The molecule has 2 unspecified atom stereocenters. The van der Waals surface area contributed by atoms with E-state index < -0.39 is 0 Å². The number of piperidine rings is 1. The molecular weight excluding hydrogens is 252 g/mol. The molecular formula is C16H24N2O2. The van der Waals surface area contributed by atoms with Gasteiger partial charge in [-0.2, -0.15) is 0 Å². The van der Waals surface area contributed by atoms with E-state index in [9.17, 15) is 9.90 Å². The molecule has 2 atom stereocenters. The van der Waals surface area contributed by atoms with Crippen LogP contribution in [0, 0.1) is 5.92 Å². The van der Waals surface area contributed by atoms with Crippen molar-refractivity contribution >= 4 is 5.91 Å². The van der Waals surface area contributed by atoms with Gasteiger partial charge in [0.2, 0.25) is 0 Å². The predicted octanol–water partition coefficient (Wildman–Crippen LogP) is 1.64. The smallest absolute Gasteiger partial charge is 0.251 e. The van der Waals surface area contributed by atoms with Crippen molar-refractivity contribution in [1.82, 2.24) is 10.2 Å². The average Bonchev–Trinajstić information content (AvgIpc) is 2.47. The summed E-state index contributed by atoms with van der Waals surface area (Å²) in [5.41, 5.74) is 1.90. The Kier molecular flexibility index (Phi) is 5.15. The number of likely N-dealkylation sites (tertiary alicyclic amines) is 1. The number of amides is 1. The van der Waals surface area contributed by atoms with E-state index in [1.165, 1.54) is 5.56 Å². The molecule has 0 radical (unpaired) electrons. The summed E-state index contributed by atoms with van der Waals surface area (Å²) >= 11 is 0. The number of carbonyl (C=O) groups excluding carboxylic acids is 1. The minimum Gasteiger partial charge on any atom is -0.393 e. The number of carbonyl (C=O) groups is 1. The summed E-state index contributed by atoms with van der Waals surface area (Å²) in [5, 5.41) is 12.3. The van der Waals surface area contributed by atoms with Crippen LogP contribution >= 0.6 is 0 Å². The fourth-order valence-electron chi connectivity index (χ4n) is 2.79. The van der Waals surface area contributed by atoms with Gasteiger partial charge in [-0.3, -0.25) is 9.69 Å². The van der Waals surface area contributed by atoms with Crippen molar-refractivity contribution in [3.8, 4) is 0 Å². The normalized spacial score (nSPS) is 21.4. The minimum atomic E-state index is -0.228. The number of aliphatic hydroxyl groups is 1. The van der Waals surface area contributed by atoms with E-state index in [2.05, 4.69) is 10.2 Å². The Balaban J connectivity index is 1.94. The molecule has 0 bridgehead atoms. The summed E-state index contributed by atoms with van der Waals surface area (Å²) in [6.07, 6.45) is 2.03. The van der Waals surface area contributed by atoms with Gasteiger partial charge in [0.1, 0.15) is 0 Å². The van der Waals surface area contributed by atoms with Gasteiger partial charge in [-0.25, -0.2) is 0 Å². The third-order valence-electron chi connectivity index (χ3n) is 4.07. The van der Waals surface area contributed by atoms with Gasteiger partial charge >= 0.3 is 0 Å². The van der Waals surface area contributed by atoms with Crippen LogP contribution in [0.15, 0.2) is 24.3 Å². The molecule has 1 fully saturated rings. The van der Waals surface area contributed by atoms with Crippen molar-refractivity contribution in [1.29, 1.82) is 0 Å². The zero-order valence-corrected chi connectivity index (χ0v) is 12.3. The first-order valence-electron chi connectivity index (χ1n) is 7.31. The van der Waals surface area contributed by atoms with Crippen molar-refractivity contribution in [3.05, 3.63) is 35.4 Å². The number of nitrogens with zero attached hydrogens (tertiary/aromatic N) is 1. The van der Waals surface area contributed by atoms with Gasteiger partial charge in [0, 0.05) is 25.7 Å². The fraction of sp³-hybridized carbons (Fsp3) is 0.562. The van der Waals surface area contributed by atoms with Crippen molar-refractivity contribution in [3.63, 3.8) is 0 Å². The van der Waals surface area contributed by atoms with Crippen LogP contribution in [0.2, 0.25) is 0 Å². The Labute approximate surface area is 120 Å². The first kappa shape index (κ1) is 15.0. The zero-order valence-electron chi connectivity index (χ0n) is 12.3. The average molecular weight is 276 g/mol. The van der Waals surface area contributed by atoms with Gasteiger partial charge in [-0.1, -0.05) is 12.1 Å². The van der Waals surface area contributed by atoms with Crippen LogP contribution in [0.3, 0.4) is 0 Å². The van der Waals surface area contributed by atoms with Gasteiger partial charge in [0.15, 0.2) is 0 Å². The van der Waals surface area contributed by atoms with Crippen LogP contribution in [-0.2, 0) is 6.54 Å². The summed E-state index contributed by atoms with van der Waals surface area (Å²) in [6.45, 7) is 4.80. The maximum absolute atomic E-state index is 11.5. The van der Waals surface area contributed by atoms with Gasteiger partial charge in [-0.15, -0.1) is 0 Å². The summed E-state index contributed by atoms with van der Waals surface area (Å²) in [5.74, 6) is 0.331. The van der Waals surface area contributed by atoms with Crippen molar-refractivity contribution in [2.45, 2.75) is 32.4 Å². The van der Waals surface area contributed by atoms with E-state index in [4.69, 9.17) is 0 Å². The van der Waals surface area contributed by atoms with Gasteiger partial charge < -0.3 is 10.4 Å². The summed E-state index contributed by atoms with van der Waals surface area (Å²) < 4.78 is 0. The predicted molar refractivity (Wildman–Crippen MR) is 79.5 cm³/mol. The maximum Gasteiger partial charge on any atom is 0.251 e. The van der Waals surface area contributed by atoms with Crippen molar-refractivity contribution in [2.24, 2.45) is 5.92 Å². The van der Waals surface area contributed by atoms with Crippen LogP contribution in [0.5, 0.6) is 0 Å². The Bertz CT molecular complexity index is 442. The Morgan fingerprint density at radius 2 is 2.15 bits per heavy atom. The standard InChI is InChI=1S/C16H24N2O2/c1-12(19)15-4-3-9-18(11-15)10-13-5-7-14(8-6-13)16(20)17-2/h5-8,12,15,19H,3-4,9-11H2,1-2H3,(H,17,20). The number of aliphatic hydroxyl groups excluding tert-OH is 1. The highest BCUT2D eigenvalue weighted by Gasteiger charge is 2.23. The van der Waals surface area contributed by atoms with Gasteiger partial charge in [0.05, 0.1) is 6.10 Å². The van der Waals surface area contributed by atoms with Crippen molar-refractivity contribution in [2.75, 3.05) is 20.1 Å². The van der Waals surface area contributed by atoms with Crippen LogP contribution < -0.4 is 5.32 Å². The van der Waals surface area contributed by atoms with E-state index in [1.807, 2.05) is 31.2 Å². The quantitative estimate of drug-likeness (QED) is 0.879. The molecule has 0 spiro atoms. The SMILES string of the molecule is CNC(=O)c1ccc(CN2CCCC(C(C)O)C2)cc1. The van der Waals surface area contributed by atoms with Crippen molar-refractivity contribution < 1.29 is 9.90 Å². The molecule has 1 aromatic carbocycles. The number of hydrogen-bond donors (Lipinski definition) is 2. The molecule has 1 aliphatic rings. The van der Waals surface area contributed by atoms with Gasteiger partial charge in [0.25, 0.3) is 5.91 Å². The number of hydrogen-bond acceptors (Lipinski definition) is 3. The molecule has 2 rings (SSSR count). The highest BCUT2D eigenvalue weighted by Crippen LogP contribution is 2.21. The summed E-state index contributed by atoms with van der Waals surface area (Å²) in [7, 11) is 1.64. The molecule has 0 aliphatic carbocycles. The molecule has 110 valence electrons. The maximum atomic E-state index is 11.5. The molecule has 2 N–H and O–H groups in total. The minimum absolute atomic E-state index is 0.0521. The van der Waals surface area contributed by atoms with E-state index in [1.54, 1.807) is 7.05 Å². The second-order valence-electron chi connectivity index (χ2n) is 5.65. The first-order chi connectivity index (χ1) is 9.60. The number of nitrogens with one attached hydrogen (secondary N) is 1. The fourth-order valence-corrected chi connectivity index (χ4v) is 2.79. The molecule has 1 aromatic rings. The van der Waals surface area contributed by atoms with Crippen LogP contribution in [-0.4, -0.2) is 42.2 Å². The van der Waals surface area contributed by atoms with Crippen LogP contribution in [0.1, 0.15) is 35.7 Å². The zero-order chi connectivity index (χ0) is 14.5. The summed E-state index contributed by atoms with van der Waals surface area (Å²) in [6, 6.07) is 7.75. The first-order valence-corrected chi connectivity index (χ1v) is 7.31. The highest BCUT2D eigenvalue weighted by atomic mass is 16.3. The molecule has 1 amide bonds. The molecule has 1 aliphatic heterocycles. The topological polar surface area (TPSA) is 52.6 Å². The van der Waals surface area contributed by atoms with E-state index in [0.717, 1.165) is 32.5 Å². The third-order valence-corrected chi connectivity index (χ3v) is 4.07. The highest BCUT2D eigenvalue weighted by molar-refractivity contribution is 5.93. The number of rotatable bonds is 4. The second-order valence-corrected chi connectivity index (χ2v) is 5.65. The lowest BCUT2D eigenvalue weighted by Gasteiger charge is -2.34. The Hall–Kier alpha value is -1.39. The molecule has 0 saturated carbocycles. The van der Waals surface area contributed by atoms with E-state index >= 15 is 0 Å². The monoisotopic (exact) mass is 276 g/mol. The Morgan fingerprint density at radius 3 is 2.75 bits per heavy atom. The largest absolute Gasteiger partial charge is 0.393 e. The van der Waals surface area contributed by atoms with E-state index in [-0.39, 0.29) is 12.0 Å². The Morgan fingerprint density at radius 1 is 1.45 bits per heavy atom. The second kappa shape index (κ2) is 6.86. The number of benzene rings is 1. The molecule has 4 nitrogen and oxygen atoms in total. The molecule has 4 heteroatoms. The lowest BCUT2D eigenvalue weighted by molar-refractivity contribution is 0.0599. The van der Waals surface area contributed by atoms with E-state index in [0.29, 0.717) is 11.5 Å². The van der Waals surface area contributed by atoms with Crippen LogP contribution in [0.4, 0.5) is 0 Å². The third kappa shape index (κ3) is 3.81. The molecule has 20 heavy (non-hydrogen) atoms. The lowest BCUT2D eigenvalue weighted by atomic mass is 9.93. The lowest BCUT2D eigenvalue weighted by Crippen LogP contribution is -2.39.